The van der Waals surface area contributed by atoms with Gasteiger partial charge >= 0.3 is 0 Å². The molecule has 0 radical (unpaired) electrons. The Kier molecular flexibility index (Phi) is 4.16. The van der Waals surface area contributed by atoms with Crippen molar-refractivity contribution in [1.82, 2.24) is 4.98 Å². The molecule has 0 aliphatic heterocycles. The molecule has 108 valence electrons. The average Bonchev–Trinajstić information content (AvgIpc) is 2.67. The monoisotopic (exact) mass is 360 g/mol. The van der Waals surface area contributed by atoms with Crippen molar-refractivity contribution in [2.24, 2.45) is 0 Å². The number of rotatable bonds is 2. The maximum absolute atomic E-state index is 13.9. The highest BCUT2D eigenvalue weighted by Crippen LogP contribution is 2.33. The lowest BCUT2D eigenvalue weighted by atomic mass is 9.90. The van der Waals surface area contributed by atoms with Gasteiger partial charge in [-0.15, -0.1) is 11.3 Å². The fourth-order valence-corrected chi connectivity index (χ4v) is 3.33. The minimum atomic E-state index is -0.476. The van der Waals surface area contributed by atoms with Crippen molar-refractivity contribution >= 4 is 32.4 Å². The van der Waals surface area contributed by atoms with Crippen molar-refractivity contribution in [1.29, 1.82) is 0 Å². The van der Waals surface area contributed by atoms with Crippen LogP contribution in [0.25, 0.3) is 0 Å². The van der Waals surface area contributed by atoms with Gasteiger partial charge in [-0.25, -0.2) is 13.8 Å². The molecule has 0 atom stereocenters. The normalized spacial score (nSPS) is 11.9. The Labute approximate surface area is 129 Å². The summed E-state index contributed by atoms with van der Waals surface area (Å²) >= 11 is 4.29. The van der Waals surface area contributed by atoms with Crippen molar-refractivity contribution in [3.63, 3.8) is 0 Å². The summed E-state index contributed by atoms with van der Waals surface area (Å²) < 4.78 is 27.6. The van der Waals surface area contributed by atoms with Gasteiger partial charge in [-0.3, -0.25) is 0 Å². The third-order valence-electron chi connectivity index (χ3n) is 2.86. The fraction of sp³-hybridized carbons (Fsp3) is 0.357. The van der Waals surface area contributed by atoms with Crippen LogP contribution in [0.15, 0.2) is 16.6 Å². The van der Waals surface area contributed by atoms with E-state index in [1.807, 2.05) is 20.8 Å². The van der Waals surface area contributed by atoms with Crippen molar-refractivity contribution in [3.05, 3.63) is 44.4 Å². The van der Waals surface area contributed by atoms with E-state index in [1.54, 1.807) is 0 Å². The quantitative estimate of drug-likeness (QED) is 0.791. The first-order valence-electron chi connectivity index (χ1n) is 6.07. The molecular weight excluding hydrogens is 346 g/mol. The van der Waals surface area contributed by atoms with E-state index in [2.05, 4.69) is 20.9 Å². The van der Waals surface area contributed by atoms with E-state index in [9.17, 15) is 8.78 Å². The molecule has 2 aromatic rings. The van der Waals surface area contributed by atoms with E-state index in [4.69, 9.17) is 5.73 Å². The SMILES string of the molecule is CC(C)(C)c1nc(N)sc1Cc1cc(F)c(Br)cc1F. The van der Waals surface area contributed by atoms with Crippen LogP contribution in [0, 0.1) is 11.6 Å². The van der Waals surface area contributed by atoms with E-state index in [0.717, 1.165) is 16.6 Å². The molecule has 0 spiro atoms. The van der Waals surface area contributed by atoms with Crippen LogP contribution >= 0.6 is 27.3 Å². The summed E-state index contributed by atoms with van der Waals surface area (Å²) in [5.74, 6) is -0.915. The summed E-state index contributed by atoms with van der Waals surface area (Å²) in [5, 5.41) is 0.447. The Morgan fingerprint density at radius 2 is 1.90 bits per heavy atom. The molecule has 0 bridgehead atoms. The smallest absolute Gasteiger partial charge is 0.180 e. The number of hydrogen-bond donors (Lipinski definition) is 1. The van der Waals surface area contributed by atoms with Crippen LogP contribution in [0.3, 0.4) is 0 Å². The lowest BCUT2D eigenvalue weighted by Crippen LogP contribution is -2.14. The van der Waals surface area contributed by atoms with Crippen LogP contribution in [0.1, 0.15) is 36.9 Å². The molecule has 0 fully saturated rings. The van der Waals surface area contributed by atoms with Crippen LogP contribution in [0.5, 0.6) is 0 Å². The standard InChI is InChI=1S/C14H15BrF2N2S/c1-14(2,3)12-11(20-13(18)19-12)5-7-4-10(17)8(15)6-9(7)16/h4,6H,5H2,1-3H3,(H2,18,19). The maximum Gasteiger partial charge on any atom is 0.180 e. The second-order valence-electron chi connectivity index (χ2n) is 5.61. The zero-order valence-corrected chi connectivity index (χ0v) is 13.8. The molecule has 0 saturated heterocycles. The second-order valence-corrected chi connectivity index (χ2v) is 7.58. The Balaban J connectivity index is 2.43. The summed E-state index contributed by atoms with van der Waals surface area (Å²) in [5.41, 5.74) is 6.71. The van der Waals surface area contributed by atoms with Gasteiger partial charge in [0.1, 0.15) is 11.6 Å². The zero-order chi connectivity index (χ0) is 15.1. The van der Waals surface area contributed by atoms with Gasteiger partial charge < -0.3 is 5.73 Å². The van der Waals surface area contributed by atoms with Crippen LogP contribution in [0.4, 0.5) is 13.9 Å². The Hall–Kier alpha value is -1.01. The summed E-state index contributed by atoms with van der Waals surface area (Å²) in [4.78, 5) is 5.19. The van der Waals surface area contributed by atoms with E-state index in [1.165, 1.54) is 17.4 Å². The highest BCUT2D eigenvalue weighted by Gasteiger charge is 2.23. The largest absolute Gasteiger partial charge is 0.375 e. The first kappa shape index (κ1) is 15.4. The molecular formula is C14H15BrF2N2S. The minimum Gasteiger partial charge on any atom is -0.375 e. The van der Waals surface area contributed by atoms with Crippen LogP contribution in [-0.4, -0.2) is 4.98 Å². The van der Waals surface area contributed by atoms with Gasteiger partial charge in [0.2, 0.25) is 0 Å². The molecule has 1 aromatic heterocycles. The molecule has 0 aliphatic rings. The van der Waals surface area contributed by atoms with E-state index in [-0.39, 0.29) is 16.3 Å². The van der Waals surface area contributed by atoms with Gasteiger partial charge in [-0.1, -0.05) is 20.8 Å². The predicted octanol–water partition coefficient (Wildman–Crippen LogP) is 4.65. The predicted molar refractivity (Wildman–Crippen MR) is 82.1 cm³/mol. The summed E-state index contributed by atoms with van der Waals surface area (Å²) in [7, 11) is 0. The van der Waals surface area contributed by atoms with Gasteiger partial charge in [-0.05, 0) is 33.6 Å². The minimum absolute atomic E-state index is 0.124. The third-order valence-corrected chi connectivity index (χ3v) is 4.36. The molecule has 6 heteroatoms. The fourth-order valence-electron chi connectivity index (χ4n) is 1.95. The molecule has 0 saturated carbocycles. The second kappa shape index (κ2) is 5.41. The average molecular weight is 361 g/mol. The number of nitrogen functional groups attached to an aromatic ring is 1. The number of thiazole rings is 1. The number of hydrogen-bond acceptors (Lipinski definition) is 3. The molecule has 0 aliphatic carbocycles. The van der Waals surface area contributed by atoms with Gasteiger partial charge in [0, 0.05) is 16.7 Å². The molecule has 0 amide bonds. The number of anilines is 1. The zero-order valence-electron chi connectivity index (χ0n) is 11.4. The lowest BCUT2D eigenvalue weighted by Gasteiger charge is -2.17. The highest BCUT2D eigenvalue weighted by molar-refractivity contribution is 9.10. The van der Waals surface area contributed by atoms with Gasteiger partial charge in [0.15, 0.2) is 5.13 Å². The number of aromatic nitrogens is 1. The van der Waals surface area contributed by atoms with Crippen molar-refractivity contribution in [3.8, 4) is 0 Å². The Morgan fingerprint density at radius 3 is 2.50 bits per heavy atom. The van der Waals surface area contributed by atoms with Crippen molar-refractivity contribution in [2.45, 2.75) is 32.6 Å². The van der Waals surface area contributed by atoms with Gasteiger partial charge in [-0.2, -0.15) is 0 Å². The summed E-state index contributed by atoms with van der Waals surface area (Å²) in [6.07, 6.45) is 0.289. The molecule has 2 rings (SSSR count). The number of halogens is 3. The van der Waals surface area contributed by atoms with Crippen LogP contribution < -0.4 is 5.73 Å². The number of nitrogens with two attached hydrogens (primary N) is 1. The number of nitrogens with zero attached hydrogens (tertiary/aromatic N) is 1. The molecule has 1 aromatic carbocycles. The van der Waals surface area contributed by atoms with Crippen molar-refractivity contribution < 1.29 is 8.78 Å². The highest BCUT2D eigenvalue weighted by atomic mass is 79.9. The van der Waals surface area contributed by atoms with E-state index < -0.39 is 11.6 Å². The lowest BCUT2D eigenvalue weighted by molar-refractivity contribution is 0.564. The Bertz CT molecular complexity index is 647. The topological polar surface area (TPSA) is 38.9 Å². The van der Waals surface area contributed by atoms with Crippen LogP contribution in [-0.2, 0) is 11.8 Å². The molecule has 20 heavy (non-hydrogen) atoms. The Morgan fingerprint density at radius 1 is 1.25 bits per heavy atom. The van der Waals surface area contributed by atoms with E-state index >= 15 is 0 Å². The van der Waals surface area contributed by atoms with Gasteiger partial charge in [0.05, 0.1) is 10.2 Å². The summed E-state index contributed by atoms with van der Waals surface area (Å²) in [6.45, 7) is 6.05. The summed E-state index contributed by atoms with van der Waals surface area (Å²) in [6, 6.07) is 2.35. The van der Waals surface area contributed by atoms with Crippen LogP contribution in [0.2, 0.25) is 0 Å². The molecule has 2 nitrogen and oxygen atoms in total. The maximum atomic E-state index is 13.9. The molecule has 0 unspecified atom stereocenters. The number of benzene rings is 1. The first-order valence-corrected chi connectivity index (χ1v) is 7.68. The van der Waals surface area contributed by atoms with E-state index in [0.29, 0.717) is 10.7 Å². The van der Waals surface area contributed by atoms with Crippen molar-refractivity contribution in [2.75, 3.05) is 5.73 Å². The van der Waals surface area contributed by atoms with Gasteiger partial charge in [0.25, 0.3) is 0 Å². The molecule has 1 heterocycles. The molecule has 2 N–H and O–H groups in total. The third kappa shape index (κ3) is 3.17. The first-order chi connectivity index (χ1) is 9.18.